The molecule has 4 heteroatoms. The molecule has 0 aromatic heterocycles. The highest BCUT2D eigenvalue weighted by Gasteiger charge is 2.12. The van der Waals surface area contributed by atoms with Crippen LogP contribution in [-0.4, -0.2) is 12.9 Å². The monoisotopic (exact) mass is 278 g/mol. The first-order valence-corrected chi connectivity index (χ1v) is 6.05. The van der Waals surface area contributed by atoms with Crippen LogP contribution >= 0.6 is 11.6 Å². The van der Waals surface area contributed by atoms with Crippen LogP contribution in [0.25, 0.3) is 0 Å². The fourth-order valence-electron chi connectivity index (χ4n) is 1.76. The van der Waals surface area contributed by atoms with Crippen LogP contribution in [-0.2, 0) is 0 Å². The molecule has 0 spiro atoms. The Morgan fingerprint density at radius 1 is 1.16 bits per heavy atom. The van der Waals surface area contributed by atoms with Crippen molar-refractivity contribution in [2.24, 2.45) is 0 Å². The van der Waals surface area contributed by atoms with Gasteiger partial charge in [-0.25, -0.2) is 4.39 Å². The van der Waals surface area contributed by atoms with Gasteiger partial charge in [0.05, 0.1) is 12.1 Å². The molecule has 0 unspecified atom stereocenters. The zero-order chi connectivity index (χ0) is 14.0. The summed E-state index contributed by atoms with van der Waals surface area (Å²) < 4.78 is 18.2. The number of benzene rings is 2. The molecule has 0 N–H and O–H groups in total. The summed E-state index contributed by atoms with van der Waals surface area (Å²) in [5, 5.41) is 0.368. The van der Waals surface area contributed by atoms with E-state index >= 15 is 0 Å². The second-order valence-corrected chi connectivity index (χ2v) is 4.55. The van der Waals surface area contributed by atoms with Crippen molar-refractivity contribution in [3.8, 4) is 5.75 Å². The van der Waals surface area contributed by atoms with E-state index in [0.29, 0.717) is 27.5 Å². The topological polar surface area (TPSA) is 26.3 Å². The molecule has 0 fully saturated rings. The molecule has 0 aliphatic rings. The van der Waals surface area contributed by atoms with Crippen LogP contribution in [0.3, 0.4) is 0 Å². The molecule has 0 aliphatic carbocycles. The molecule has 2 aromatic carbocycles. The SMILES string of the molecule is COc1ccc(C(=O)c2ccc(F)c(C)c2)cc1Cl. The molecule has 0 aliphatic heterocycles. The smallest absolute Gasteiger partial charge is 0.193 e. The number of carbonyl (C=O) groups is 1. The van der Waals surface area contributed by atoms with Crippen LogP contribution in [0.1, 0.15) is 21.5 Å². The second kappa shape index (κ2) is 5.41. The maximum absolute atomic E-state index is 13.2. The van der Waals surface area contributed by atoms with E-state index in [0.717, 1.165) is 0 Å². The lowest BCUT2D eigenvalue weighted by atomic mass is 10.0. The van der Waals surface area contributed by atoms with Gasteiger partial charge in [-0.3, -0.25) is 4.79 Å². The molecule has 0 saturated carbocycles. The maximum Gasteiger partial charge on any atom is 0.193 e. The van der Waals surface area contributed by atoms with E-state index in [2.05, 4.69) is 0 Å². The summed E-state index contributed by atoms with van der Waals surface area (Å²) >= 11 is 5.98. The van der Waals surface area contributed by atoms with Crippen LogP contribution < -0.4 is 4.74 Å². The van der Waals surface area contributed by atoms with E-state index in [1.807, 2.05) is 0 Å². The summed E-state index contributed by atoms with van der Waals surface area (Å²) in [6.45, 7) is 1.62. The van der Waals surface area contributed by atoms with Gasteiger partial charge in [-0.2, -0.15) is 0 Å². The Labute approximate surface area is 115 Å². The first-order chi connectivity index (χ1) is 9.02. The van der Waals surface area contributed by atoms with Crippen molar-refractivity contribution < 1.29 is 13.9 Å². The Hall–Kier alpha value is -1.87. The summed E-state index contributed by atoms with van der Waals surface area (Å²) in [5.41, 5.74) is 1.31. The molecule has 0 amide bonds. The van der Waals surface area contributed by atoms with Crippen molar-refractivity contribution in [2.45, 2.75) is 6.92 Å². The highest BCUT2D eigenvalue weighted by Crippen LogP contribution is 2.26. The first kappa shape index (κ1) is 13.6. The zero-order valence-corrected chi connectivity index (χ0v) is 11.3. The Morgan fingerprint density at radius 2 is 1.79 bits per heavy atom. The van der Waals surface area contributed by atoms with E-state index in [4.69, 9.17) is 16.3 Å². The van der Waals surface area contributed by atoms with Crippen LogP contribution in [0.4, 0.5) is 4.39 Å². The number of carbonyl (C=O) groups excluding carboxylic acids is 1. The fourth-order valence-corrected chi connectivity index (χ4v) is 2.02. The highest BCUT2D eigenvalue weighted by atomic mass is 35.5. The van der Waals surface area contributed by atoms with E-state index in [-0.39, 0.29) is 11.6 Å². The van der Waals surface area contributed by atoms with Crippen LogP contribution in [0.15, 0.2) is 36.4 Å². The first-order valence-electron chi connectivity index (χ1n) is 5.67. The molecule has 0 atom stereocenters. The third-order valence-corrected chi connectivity index (χ3v) is 3.13. The van der Waals surface area contributed by atoms with Gasteiger partial charge in [0.15, 0.2) is 5.78 Å². The van der Waals surface area contributed by atoms with Gasteiger partial charge < -0.3 is 4.74 Å². The largest absolute Gasteiger partial charge is 0.495 e. The number of hydrogen-bond donors (Lipinski definition) is 0. The number of methoxy groups -OCH3 is 1. The lowest BCUT2D eigenvalue weighted by Crippen LogP contribution is -2.02. The van der Waals surface area contributed by atoms with Gasteiger partial charge in [0, 0.05) is 11.1 Å². The predicted molar refractivity (Wildman–Crippen MR) is 72.6 cm³/mol. The standard InChI is InChI=1S/C15H12ClFO2/c1-9-7-10(3-5-13(9)17)15(18)11-4-6-14(19-2)12(16)8-11/h3-8H,1-2H3. The third kappa shape index (κ3) is 2.76. The molecule has 98 valence electrons. The highest BCUT2D eigenvalue weighted by molar-refractivity contribution is 6.32. The summed E-state index contributed by atoms with van der Waals surface area (Å²) in [6.07, 6.45) is 0. The minimum atomic E-state index is -0.329. The number of halogens is 2. The Bertz CT molecular complexity index is 638. The second-order valence-electron chi connectivity index (χ2n) is 4.14. The summed E-state index contributed by atoms with van der Waals surface area (Å²) in [6, 6.07) is 9.07. The number of ketones is 1. The van der Waals surface area contributed by atoms with Crippen molar-refractivity contribution in [3.05, 3.63) is 63.9 Å². The van der Waals surface area contributed by atoms with Gasteiger partial charge >= 0.3 is 0 Å². The Balaban J connectivity index is 2.38. The van der Waals surface area contributed by atoms with E-state index in [9.17, 15) is 9.18 Å². The van der Waals surface area contributed by atoms with E-state index in [1.165, 1.54) is 25.3 Å². The minimum Gasteiger partial charge on any atom is -0.495 e. The average Bonchev–Trinajstić information content (AvgIpc) is 2.41. The number of rotatable bonds is 3. The molecule has 0 radical (unpaired) electrons. The molecule has 2 aromatic rings. The summed E-state index contributed by atoms with van der Waals surface area (Å²) in [7, 11) is 1.51. The number of hydrogen-bond acceptors (Lipinski definition) is 2. The lowest BCUT2D eigenvalue weighted by molar-refractivity contribution is 0.103. The molecule has 2 nitrogen and oxygen atoms in total. The number of aryl methyl sites for hydroxylation is 1. The van der Waals surface area contributed by atoms with Crippen molar-refractivity contribution in [3.63, 3.8) is 0 Å². The normalized spacial score (nSPS) is 10.3. The van der Waals surface area contributed by atoms with Crippen LogP contribution in [0, 0.1) is 12.7 Å². The predicted octanol–water partition coefficient (Wildman–Crippen LogP) is 4.03. The van der Waals surface area contributed by atoms with Gasteiger partial charge in [-0.05, 0) is 48.9 Å². The number of ether oxygens (including phenoxy) is 1. The molecule has 0 bridgehead atoms. The van der Waals surface area contributed by atoms with Crippen molar-refractivity contribution >= 4 is 17.4 Å². The van der Waals surface area contributed by atoms with Crippen LogP contribution in [0.5, 0.6) is 5.75 Å². The molecule has 0 saturated heterocycles. The average molecular weight is 279 g/mol. The van der Waals surface area contributed by atoms with Crippen molar-refractivity contribution in [1.29, 1.82) is 0 Å². The van der Waals surface area contributed by atoms with Gasteiger partial charge in [-0.15, -0.1) is 0 Å². The van der Waals surface area contributed by atoms with Gasteiger partial charge in [0.25, 0.3) is 0 Å². The van der Waals surface area contributed by atoms with Crippen molar-refractivity contribution in [1.82, 2.24) is 0 Å². The van der Waals surface area contributed by atoms with Gasteiger partial charge in [-0.1, -0.05) is 11.6 Å². The molecule has 0 heterocycles. The maximum atomic E-state index is 13.2. The van der Waals surface area contributed by atoms with Gasteiger partial charge in [0.1, 0.15) is 11.6 Å². The molecule has 19 heavy (non-hydrogen) atoms. The molecular weight excluding hydrogens is 267 g/mol. The van der Waals surface area contributed by atoms with Crippen LogP contribution in [0.2, 0.25) is 5.02 Å². The zero-order valence-electron chi connectivity index (χ0n) is 10.5. The Kier molecular flexibility index (Phi) is 3.86. The minimum absolute atomic E-state index is 0.201. The molecule has 2 rings (SSSR count). The fraction of sp³-hybridized carbons (Fsp3) is 0.133. The lowest BCUT2D eigenvalue weighted by Gasteiger charge is -2.06. The van der Waals surface area contributed by atoms with E-state index < -0.39 is 0 Å². The quantitative estimate of drug-likeness (QED) is 0.793. The van der Waals surface area contributed by atoms with Crippen molar-refractivity contribution in [2.75, 3.05) is 7.11 Å². The van der Waals surface area contributed by atoms with Gasteiger partial charge in [0.2, 0.25) is 0 Å². The third-order valence-electron chi connectivity index (χ3n) is 2.83. The Morgan fingerprint density at radius 3 is 2.37 bits per heavy atom. The van der Waals surface area contributed by atoms with E-state index in [1.54, 1.807) is 25.1 Å². The summed E-state index contributed by atoms with van der Waals surface area (Å²) in [5.74, 6) is -0.0227. The molecular formula is C15H12ClFO2. The summed E-state index contributed by atoms with van der Waals surface area (Å²) in [4.78, 5) is 12.2.